The molecule has 2 aromatic rings. The Morgan fingerprint density at radius 1 is 1.24 bits per heavy atom. The van der Waals surface area contributed by atoms with Crippen LogP contribution >= 0.6 is 0 Å². The molecule has 1 aromatic carbocycles. The number of carbonyl (C=O) groups is 1. The smallest absolute Gasteiger partial charge is 0.311 e. The van der Waals surface area contributed by atoms with Crippen molar-refractivity contribution >= 4 is 29.1 Å². The second-order valence-electron chi connectivity index (χ2n) is 8.85. The minimum atomic E-state index is -0.545. The molecular formula is C24H33FN6O2. The summed E-state index contributed by atoms with van der Waals surface area (Å²) in [4.78, 5) is 25.4. The molecule has 8 nitrogen and oxygen atoms in total. The van der Waals surface area contributed by atoms with Crippen molar-refractivity contribution in [2.75, 3.05) is 55.4 Å². The second kappa shape index (κ2) is 10.3. The Morgan fingerprint density at radius 3 is 2.76 bits per heavy atom. The molecule has 1 saturated heterocycles. The number of anilines is 4. The number of aromatic nitrogens is 2. The zero-order chi connectivity index (χ0) is 23.4. The Kier molecular flexibility index (Phi) is 7.27. The topological polar surface area (TPSA) is 82.6 Å². The van der Waals surface area contributed by atoms with Gasteiger partial charge in [-0.05, 0) is 57.5 Å². The van der Waals surface area contributed by atoms with Crippen LogP contribution in [0.1, 0.15) is 31.7 Å². The number of piperazine rings is 1. The van der Waals surface area contributed by atoms with Crippen molar-refractivity contribution in [2.24, 2.45) is 5.92 Å². The van der Waals surface area contributed by atoms with Gasteiger partial charge in [0.15, 0.2) is 11.6 Å². The molecule has 2 aliphatic rings. The summed E-state index contributed by atoms with van der Waals surface area (Å²) in [5.41, 5.74) is 3.23. The van der Waals surface area contributed by atoms with E-state index < -0.39 is 5.82 Å². The van der Waals surface area contributed by atoms with Gasteiger partial charge in [-0.1, -0.05) is 6.42 Å². The van der Waals surface area contributed by atoms with E-state index in [4.69, 9.17) is 4.74 Å². The van der Waals surface area contributed by atoms with Gasteiger partial charge < -0.3 is 25.2 Å². The third-order valence-corrected chi connectivity index (χ3v) is 6.47. The molecule has 9 heteroatoms. The van der Waals surface area contributed by atoms with Crippen LogP contribution in [0.4, 0.5) is 27.5 Å². The van der Waals surface area contributed by atoms with E-state index in [0.717, 1.165) is 62.9 Å². The molecule has 0 radical (unpaired) electrons. The van der Waals surface area contributed by atoms with E-state index in [1.807, 2.05) is 6.07 Å². The molecule has 1 aromatic heterocycles. The van der Waals surface area contributed by atoms with Crippen LogP contribution in [-0.4, -0.2) is 66.7 Å². The molecule has 0 bridgehead atoms. The van der Waals surface area contributed by atoms with Gasteiger partial charge in [-0.15, -0.1) is 0 Å². The van der Waals surface area contributed by atoms with Gasteiger partial charge in [0, 0.05) is 43.6 Å². The van der Waals surface area contributed by atoms with E-state index in [-0.39, 0.29) is 23.7 Å². The summed E-state index contributed by atoms with van der Waals surface area (Å²) in [6.45, 7) is 8.34. The average Bonchev–Trinajstić information content (AvgIpc) is 3.25. The molecule has 0 unspecified atom stereocenters. The van der Waals surface area contributed by atoms with Gasteiger partial charge in [-0.3, -0.25) is 4.79 Å². The number of rotatable bonds is 7. The predicted molar refractivity (Wildman–Crippen MR) is 128 cm³/mol. The largest absolute Gasteiger partial charge is 0.466 e. The number of hydrogen-bond acceptors (Lipinski definition) is 8. The summed E-state index contributed by atoms with van der Waals surface area (Å²) < 4.78 is 19.6. The summed E-state index contributed by atoms with van der Waals surface area (Å²) >= 11 is 0. The molecule has 1 saturated carbocycles. The fraction of sp³-hybridized carbons (Fsp3) is 0.542. The van der Waals surface area contributed by atoms with E-state index in [2.05, 4.69) is 56.5 Å². The molecule has 0 amide bonds. The minimum Gasteiger partial charge on any atom is -0.466 e. The molecule has 2 heterocycles. The fourth-order valence-corrected chi connectivity index (χ4v) is 4.63. The normalized spacial score (nSPS) is 21.2. The van der Waals surface area contributed by atoms with Crippen molar-refractivity contribution in [3.63, 3.8) is 0 Å². The maximum absolute atomic E-state index is 14.4. The molecule has 1 aliphatic carbocycles. The van der Waals surface area contributed by atoms with Gasteiger partial charge in [0.1, 0.15) is 0 Å². The minimum absolute atomic E-state index is 0.0967. The lowest BCUT2D eigenvalue weighted by Crippen LogP contribution is -2.44. The van der Waals surface area contributed by atoms with E-state index in [9.17, 15) is 9.18 Å². The highest BCUT2D eigenvalue weighted by atomic mass is 19.1. The molecule has 4 rings (SSSR count). The molecule has 2 fully saturated rings. The van der Waals surface area contributed by atoms with Crippen molar-refractivity contribution in [3.8, 4) is 0 Å². The lowest BCUT2D eigenvalue weighted by molar-refractivity contribution is -0.148. The summed E-state index contributed by atoms with van der Waals surface area (Å²) in [7, 11) is 2.15. The van der Waals surface area contributed by atoms with Crippen LogP contribution in [0.3, 0.4) is 0 Å². The molecule has 33 heavy (non-hydrogen) atoms. The van der Waals surface area contributed by atoms with Gasteiger partial charge in [0.25, 0.3) is 0 Å². The van der Waals surface area contributed by atoms with Gasteiger partial charge >= 0.3 is 5.97 Å². The number of nitrogens with zero attached hydrogens (tertiary/aromatic N) is 4. The van der Waals surface area contributed by atoms with Crippen molar-refractivity contribution < 1.29 is 13.9 Å². The molecule has 178 valence electrons. The highest BCUT2D eigenvalue weighted by molar-refractivity contribution is 5.74. The first-order valence-electron chi connectivity index (χ1n) is 11.7. The Balaban J connectivity index is 1.44. The van der Waals surface area contributed by atoms with E-state index in [0.29, 0.717) is 12.6 Å². The number of ether oxygens (including phenoxy) is 1. The Labute approximate surface area is 194 Å². The van der Waals surface area contributed by atoms with Crippen molar-refractivity contribution in [3.05, 3.63) is 35.8 Å². The molecule has 0 spiro atoms. The SMILES string of the molecule is CCOC(=O)[C@@H]1CCC[C@H]1Nc1nc(Nc2ccc(N3CCN(C)CC3)c(C)c2)ncc1F. The quantitative estimate of drug-likeness (QED) is 0.612. The number of nitrogens with one attached hydrogen (secondary N) is 2. The predicted octanol–water partition coefficient (Wildman–Crippen LogP) is 3.56. The van der Waals surface area contributed by atoms with Gasteiger partial charge in [-0.2, -0.15) is 4.98 Å². The standard InChI is InChI=1S/C24H33FN6O2/c1-4-33-23(32)18-6-5-7-20(18)28-22-19(25)15-26-24(29-22)27-17-8-9-21(16(2)14-17)31-12-10-30(3)11-13-31/h8-9,14-15,18,20H,4-7,10-13H2,1-3H3,(H2,26,27,28,29)/t18-,20-/m1/s1. The molecule has 2 N–H and O–H groups in total. The molecular weight excluding hydrogens is 423 g/mol. The first-order valence-corrected chi connectivity index (χ1v) is 11.7. The van der Waals surface area contributed by atoms with Crippen LogP contribution < -0.4 is 15.5 Å². The average molecular weight is 457 g/mol. The summed E-state index contributed by atoms with van der Waals surface area (Å²) in [6.07, 6.45) is 3.53. The number of likely N-dealkylation sites (N-methyl/N-ethyl adjacent to an activating group) is 1. The number of aryl methyl sites for hydroxylation is 1. The van der Waals surface area contributed by atoms with Crippen molar-refractivity contribution in [1.29, 1.82) is 0 Å². The molecule has 2 atom stereocenters. The van der Waals surface area contributed by atoms with Crippen LogP contribution in [0.25, 0.3) is 0 Å². The Morgan fingerprint density at radius 2 is 2.03 bits per heavy atom. The fourth-order valence-electron chi connectivity index (χ4n) is 4.63. The third-order valence-electron chi connectivity index (χ3n) is 6.47. The van der Waals surface area contributed by atoms with Crippen LogP contribution in [0.15, 0.2) is 24.4 Å². The van der Waals surface area contributed by atoms with Crippen molar-refractivity contribution in [1.82, 2.24) is 14.9 Å². The zero-order valence-corrected chi connectivity index (χ0v) is 19.6. The van der Waals surface area contributed by atoms with E-state index >= 15 is 0 Å². The lowest BCUT2D eigenvalue weighted by Gasteiger charge is -2.35. The number of benzene rings is 1. The summed E-state index contributed by atoms with van der Waals surface area (Å²) in [6, 6.07) is 5.95. The van der Waals surface area contributed by atoms with Gasteiger partial charge in [0.2, 0.25) is 5.95 Å². The number of carbonyl (C=O) groups excluding carboxylic acids is 1. The van der Waals surface area contributed by atoms with Crippen LogP contribution in [0, 0.1) is 18.7 Å². The summed E-state index contributed by atoms with van der Waals surface area (Å²) in [5.74, 6) is -0.677. The highest BCUT2D eigenvalue weighted by Gasteiger charge is 2.34. The maximum atomic E-state index is 14.4. The second-order valence-corrected chi connectivity index (χ2v) is 8.85. The Hall–Kier alpha value is -2.94. The number of halogens is 1. The van der Waals surface area contributed by atoms with Gasteiger partial charge in [-0.25, -0.2) is 9.37 Å². The first kappa shape index (κ1) is 23.2. The van der Waals surface area contributed by atoms with Crippen LogP contribution in [0.5, 0.6) is 0 Å². The third kappa shape index (κ3) is 5.52. The molecule has 1 aliphatic heterocycles. The van der Waals surface area contributed by atoms with Crippen molar-refractivity contribution in [2.45, 2.75) is 39.2 Å². The van der Waals surface area contributed by atoms with Crippen LogP contribution in [0.2, 0.25) is 0 Å². The first-order chi connectivity index (χ1) is 15.9. The number of hydrogen-bond donors (Lipinski definition) is 2. The zero-order valence-electron chi connectivity index (χ0n) is 19.6. The lowest BCUT2D eigenvalue weighted by atomic mass is 10.0. The highest BCUT2D eigenvalue weighted by Crippen LogP contribution is 2.31. The Bertz CT molecular complexity index is 979. The van der Waals surface area contributed by atoms with Gasteiger partial charge in [0.05, 0.1) is 18.7 Å². The number of esters is 1. The summed E-state index contributed by atoms with van der Waals surface area (Å²) in [5, 5.41) is 6.30. The van der Waals surface area contributed by atoms with Crippen LogP contribution in [-0.2, 0) is 9.53 Å². The van der Waals surface area contributed by atoms with E-state index in [1.165, 1.54) is 5.69 Å². The monoisotopic (exact) mass is 456 g/mol. The van der Waals surface area contributed by atoms with E-state index in [1.54, 1.807) is 6.92 Å². The maximum Gasteiger partial charge on any atom is 0.311 e.